The van der Waals surface area contributed by atoms with Crippen molar-refractivity contribution in [1.82, 2.24) is 4.31 Å². The van der Waals surface area contributed by atoms with Crippen LogP contribution in [0.1, 0.15) is 29.3 Å². The lowest BCUT2D eigenvalue weighted by Crippen LogP contribution is -2.63. The number of carbonyl (C=O) groups is 1. The zero-order chi connectivity index (χ0) is 15.0. The third-order valence-corrected chi connectivity index (χ3v) is 5.29. The number of aliphatic hydroxyl groups is 1. The van der Waals surface area contributed by atoms with Gasteiger partial charge in [-0.25, -0.2) is 13.2 Å². The summed E-state index contributed by atoms with van der Waals surface area (Å²) in [6, 6.07) is 5.75. The number of carboxylic acids is 1. The Morgan fingerprint density at radius 2 is 1.85 bits per heavy atom. The topological polar surface area (TPSA) is 94.9 Å². The molecule has 110 valence electrons. The van der Waals surface area contributed by atoms with Crippen LogP contribution in [0.4, 0.5) is 0 Å². The van der Waals surface area contributed by atoms with Crippen molar-refractivity contribution in [2.75, 3.05) is 13.1 Å². The Kier molecular flexibility index (Phi) is 3.86. The predicted molar refractivity (Wildman–Crippen MR) is 72.8 cm³/mol. The van der Waals surface area contributed by atoms with Crippen LogP contribution in [0.5, 0.6) is 0 Å². The van der Waals surface area contributed by atoms with Crippen LogP contribution in [0.2, 0.25) is 0 Å². The molecule has 1 saturated heterocycles. The van der Waals surface area contributed by atoms with Gasteiger partial charge in [-0.1, -0.05) is 19.1 Å². The quantitative estimate of drug-likeness (QED) is 0.833. The number of carboxylic acid groups (broad SMARTS) is 1. The molecule has 0 spiro atoms. The Morgan fingerprint density at radius 3 is 2.30 bits per heavy atom. The molecule has 0 bridgehead atoms. The minimum atomic E-state index is -3.46. The molecule has 0 unspecified atom stereocenters. The van der Waals surface area contributed by atoms with Crippen LogP contribution in [-0.2, 0) is 15.8 Å². The Labute approximate surface area is 117 Å². The molecule has 0 aliphatic carbocycles. The molecule has 2 N–H and O–H groups in total. The Balaban J connectivity index is 2.04. The largest absolute Gasteiger partial charge is 0.478 e. The Bertz CT molecular complexity index is 602. The van der Waals surface area contributed by atoms with E-state index in [2.05, 4.69) is 0 Å². The van der Waals surface area contributed by atoms with Crippen LogP contribution in [0.15, 0.2) is 24.3 Å². The molecule has 20 heavy (non-hydrogen) atoms. The zero-order valence-corrected chi connectivity index (χ0v) is 11.9. The number of aromatic carboxylic acids is 1. The van der Waals surface area contributed by atoms with Gasteiger partial charge in [-0.3, -0.25) is 0 Å². The van der Waals surface area contributed by atoms with Crippen LogP contribution in [0.25, 0.3) is 0 Å². The van der Waals surface area contributed by atoms with Crippen molar-refractivity contribution < 1.29 is 23.4 Å². The summed E-state index contributed by atoms with van der Waals surface area (Å²) in [4.78, 5) is 10.7. The normalized spacial score (nSPS) is 18.5. The minimum Gasteiger partial charge on any atom is -0.478 e. The molecule has 7 heteroatoms. The third kappa shape index (κ3) is 3.00. The van der Waals surface area contributed by atoms with E-state index in [-0.39, 0.29) is 24.4 Å². The van der Waals surface area contributed by atoms with E-state index in [4.69, 9.17) is 5.11 Å². The van der Waals surface area contributed by atoms with Gasteiger partial charge in [0.1, 0.15) is 0 Å². The molecule has 0 radical (unpaired) electrons. The van der Waals surface area contributed by atoms with Gasteiger partial charge in [-0.15, -0.1) is 0 Å². The predicted octanol–water partition coefficient (Wildman–Crippen LogP) is 0.671. The fraction of sp³-hybridized carbons (Fsp3) is 0.462. The molecule has 1 aromatic rings. The molecule has 0 aromatic heterocycles. The summed E-state index contributed by atoms with van der Waals surface area (Å²) >= 11 is 0. The summed E-state index contributed by atoms with van der Waals surface area (Å²) < 4.78 is 25.5. The summed E-state index contributed by atoms with van der Waals surface area (Å²) in [5, 5.41) is 18.6. The smallest absolute Gasteiger partial charge is 0.335 e. The average Bonchev–Trinajstić information content (AvgIpc) is 2.35. The van der Waals surface area contributed by atoms with E-state index in [0.717, 1.165) is 0 Å². The first-order valence-corrected chi connectivity index (χ1v) is 7.89. The van der Waals surface area contributed by atoms with Gasteiger partial charge in [0.2, 0.25) is 10.0 Å². The van der Waals surface area contributed by atoms with Gasteiger partial charge in [-0.2, -0.15) is 4.31 Å². The van der Waals surface area contributed by atoms with Crippen LogP contribution >= 0.6 is 0 Å². The molecule has 0 saturated carbocycles. The number of β-amino-alcohol motifs (C(OH)–C–C–N with tert-alkyl or cyclic N) is 1. The van der Waals surface area contributed by atoms with Crippen LogP contribution < -0.4 is 0 Å². The van der Waals surface area contributed by atoms with Crippen molar-refractivity contribution in [2.45, 2.75) is 24.7 Å². The molecular weight excluding hydrogens is 282 g/mol. The van der Waals surface area contributed by atoms with Gasteiger partial charge < -0.3 is 10.2 Å². The first-order valence-electron chi connectivity index (χ1n) is 6.28. The fourth-order valence-electron chi connectivity index (χ4n) is 2.08. The van der Waals surface area contributed by atoms with Gasteiger partial charge >= 0.3 is 5.97 Å². The number of hydrogen-bond donors (Lipinski definition) is 2. The summed E-state index contributed by atoms with van der Waals surface area (Å²) in [6.07, 6.45) is 0.520. The van der Waals surface area contributed by atoms with Gasteiger partial charge in [0.05, 0.1) is 16.9 Å². The molecule has 1 fully saturated rings. The van der Waals surface area contributed by atoms with E-state index in [9.17, 15) is 18.3 Å². The molecule has 2 rings (SSSR count). The molecule has 1 aliphatic heterocycles. The Morgan fingerprint density at radius 1 is 1.30 bits per heavy atom. The van der Waals surface area contributed by atoms with Gasteiger partial charge in [0.25, 0.3) is 0 Å². The van der Waals surface area contributed by atoms with Crippen LogP contribution in [0.3, 0.4) is 0 Å². The number of benzene rings is 1. The van der Waals surface area contributed by atoms with Crippen molar-refractivity contribution in [3.8, 4) is 0 Å². The van der Waals surface area contributed by atoms with Crippen molar-refractivity contribution in [2.24, 2.45) is 0 Å². The van der Waals surface area contributed by atoms with E-state index < -0.39 is 21.6 Å². The Hall–Kier alpha value is -1.44. The number of nitrogens with zero attached hydrogens (tertiary/aromatic N) is 1. The van der Waals surface area contributed by atoms with E-state index in [1.807, 2.05) is 6.92 Å². The fourth-order valence-corrected chi connectivity index (χ4v) is 3.75. The molecule has 0 amide bonds. The van der Waals surface area contributed by atoms with E-state index in [1.165, 1.54) is 28.6 Å². The molecule has 6 nitrogen and oxygen atoms in total. The highest BCUT2D eigenvalue weighted by Crippen LogP contribution is 2.28. The minimum absolute atomic E-state index is 0.121. The zero-order valence-electron chi connectivity index (χ0n) is 11.1. The maximum atomic E-state index is 12.1. The molecule has 1 aliphatic rings. The monoisotopic (exact) mass is 299 g/mol. The highest BCUT2D eigenvalue weighted by molar-refractivity contribution is 7.88. The van der Waals surface area contributed by atoms with E-state index in [1.54, 1.807) is 0 Å². The van der Waals surface area contributed by atoms with Gasteiger partial charge in [0, 0.05) is 13.1 Å². The van der Waals surface area contributed by atoms with E-state index >= 15 is 0 Å². The third-order valence-electron chi connectivity index (χ3n) is 3.54. The first-order chi connectivity index (χ1) is 9.26. The standard InChI is InChI=1S/C13H17NO5S/c1-2-13(17)8-14(9-13)20(18,19)7-10-3-5-11(6-4-10)12(15)16/h3-6,17H,2,7-9H2,1H3,(H,15,16). The maximum absolute atomic E-state index is 12.1. The van der Waals surface area contributed by atoms with Crippen molar-refractivity contribution >= 4 is 16.0 Å². The van der Waals surface area contributed by atoms with Gasteiger partial charge in [0.15, 0.2) is 0 Å². The molecule has 1 aromatic carbocycles. The lowest BCUT2D eigenvalue weighted by Gasteiger charge is -2.44. The second kappa shape index (κ2) is 5.16. The second-order valence-electron chi connectivity index (χ2n) is 5.10. The van der Waals surface area contributed by atoms with Crippen molar-refractivity contribution in [3.63, 3.8) is 0 Å². The molecule has 1 heterocycles. The number of sulfonamides is 1. The lowest BCUT2D eigenvalue weighted by atomic mass is 9.94. The maximum Gasteiger partial charge on any atom is 0.335 e. The van der Waals surface area contributed by atoms with Gasteiger partial charge in [-0.05, 0) is 24.1 Å². The van der Waals surface area contributed by atoms with Crippen molar-refractivity contribution in [1.29, 1.82) is 0 Å². The lowest BCUT2D eigenvalue weighted by molar-refractivity contribution is -0.0614. The molecular formula is C13H17NO5S. The molecule has 0 atom stereocenters. The summed E-state index contributed by atoms with van der Waals surface area (Å²) in [7, 11) is -3.46. The average molecular weight is 299 g/mol. The van der Waals surface area contributed by atoms with Crippen molar-refractivity contribution in [3.05, 3.63) is 35.4 Å². The summed E-state index contributed by atoms with van der Waals surface area (Å²) in [6.45, 7) is 2.06. The second-order valence-corrected chi connectivity index (χ2v) is 7.07. The first kappa shape index (κ1) is 15.0. The van der Waals surface area contributed by atoms with Crippen LogP contribution in [-0.4, -0.2) is 47.6 Å². The highest BCUT2D eigenvalue weighted by Gasteiger charge is 2.45. The highest BCUT2D eigenvalue weighted by atomic mass is 32.2. The number of hydrogen-bond acceptors (Lipinski definition) is 4. The van der Waals surface area contributed by atoms with E-state index in [0.29, 0.717) is 12.0 Å². The number of rotatable bonds is 5. The summed E-state index contributed by atoms with van der Waals surface area (Å²) in [5.41, 5.74) is -0.252. The van der Waals surface area contributed by atoms with Crippen LogP contribution in [0, 0.1) is 0 Å². The summed E-state index contributed by atoms with van der Waals surface area (Å²) in [5.74, 6) is -1.23. The SMILES string of the molecule is CCC1(O)CN(S(=O)(=O)Cc2ccc(C(=O)O)cc2)C1.